The molecular weight excluding hydrogens is 592 g/mol. The summed E-state index contributed by atoms with van der Waals surface area (Å²) >= 11 is 0. The van der Waals surface area contributed by atoms with Crippen molar-refractivity contribution in [2.24, 2.45) is 28.6 Å². The van der Waals surface area contributed by atoms with Crippen LogP contribution < -0.4 is 0 Å². The average molecular weight is 633 g/mol. The molecule has 0 N–H and O–H groups in total. The molecule has 4 fully saturated rings. The summed E-state index contributed by atoms with van der Waals surface area (Å²) < 4.78 is 47.6. The summed E-state index contributed by atoms with van der Waals surface area (Å²) in [7, 11) is 1.16. The Hall–Kier alpha value is -3.71. The first-order valence-electron chi connectivity index (χ1n) is 14.7. The number of carbonyl (C=O) groups excluding carboxylic acids is 5. The molecule has 13 nitrogen and oxygen atoms in total. The number of carbonyl (C=O) groups is 5. The molecule has 0 amide bonds. The number of methoxy groups -OCH3 is 1. The van der Waals surface area contributed by atoms with E-state index in [1.54, 1.807) is 40.7 Å². The Labute approximate surface area is 260 Å². The third-order valence-corrected chi connectivity index (χ3v) is 10.3. The van der Waals surface area contributed by atoms with E-state index in [9.17, 15) is 24.0 Å². The smallest absolute Gasteiger partial charge is 0.347 e. The monoisotopic (exact) mass is 632 g/mol. The quantitative estimate of drug-likeness (QED) is 0.255. The zero-order valence-electron chi connectivity index (χ0n) is 26.9. The van der Waals surface area contributed by atoms with Crippen LogP contribution >= 0.6 is 0 Å². The molecular formula is C32H40O13. The van der Waals surface area contributed by atoms with Crippen molar-refractivity contribution in [1.29, 1.82) is 0 Å². The van der Waals surface area contributed by atoms with E-state index in [1.165, 1.54) is 26.4 Å². The van der Waals surface area contributed by atoms with Crippen LogP contribution in [0.25, 0.3) is 0 Å². The Morgan fingerprint density at radius 2 is 1.60 bits per heavy atom. The highest BCUT2D eigenvalue weighted by atomic mass is 16.7. The summed E-state index contributed by atoms with van der Waals surface area (Å²) in [4.78, 5) is 65.3. The van der Waals surface area contributed by atoms with Gasteiger partial charge in [0.05, 0.1) is 30.7 Å². The number of fused-ring (bicyclic) bond motifs is 3. The first-order chi connectivity index (χ1) is 20.8. The zero-order chi connectivity index (χ0) is 33.4. The van der Waals surface area contributed by atoms with Crippen LogP contribution in [0.5, 0.6) is 0 Å². The normalized spacial score (nSPS) is 40.2. The van der Waals surface area contributed by atoms with Gasteiger partial charge in [-0.1, -0.05) is 26.0 Å². The predicted octanol–water partition coefficient (Wildman–Crippen LogP) is 3.20. The van der Waals surface area contributed by atoms with Crippen LogP contribution in [0.3, 0.4) is 0 Å². The number of cyclic esters (lactones) is 1. The number of hydrogen-bond donors (Lipinski definition) is 0. The van der Waals surface area contributed by atoms with E-state index in [1.807, 2.05) is 0 Å². The second kappa shape index (κ2) is 10.7. The summed E-state index contributed by atoms with van der Waals surface area (Å²) in [5.41, 5.74) is -3.14. The molecule has 5 rings (SSSR count). The second-order valence-electron chi connectivity index (χ2n) is 13.4. The van der Waals surface area contributed by atoms with Gasteiger partial charge in [-0.2, -0.15) is 0 Å². The van der Waals surface area contributed by atoms with Gasteiger partial charge in [-0.15, -0.1) is 0 Å². The highest BCUT2D eigenvalue weighted by Gasteiger charge is 2.80. The lowest BCUT2D eigenvalue weighted by atomic mass is 9.47. The molecule has 1 aromatic rings. The third-order valence-electron chi connectivity index (χ3n) is 10.3. The number of ether oxygens (including phenoxy) is 7. The lowest BCUT2D eigenvalue weighted by Gasteiger charge is -2.59. The summed E-state index contributed by atoms with van der Waals surface area (Å²) in [5, 5.41) is 0. The molecule has 3 aliphatic heterocycles. The van der Waals surface area contributed by atoms with Crippen molar-refractivity contribution in [1.82, 2.24) is 0 Å². The molecule has 246 valence electrons. The van der Waals surface area contributed by atoms with Gasteiger partial charge in [-0.05, 0) is 26.8 Å². The van der Waals surface area contributed by atoms with Crippen molar-refractivity contribution in [3.05, 3.63) is 36.3 Å². The Morgan fingerprint density at radius 3 is 2.13 bits per heavy atom. The molecule has 1 aromatic heterocycles. The minimum atomic E-state index is -1.72. The molecule has 4 heterocycles. The molecule has 4 aliphatic rings. The second-order valence-corrected chi connectivity index (χ2v) is 13.4. The van der Waals surface area contributed by atoms with Crippen LogP contribution in [0.2, 0.25) is 0 Å². The van der Waals surface area contributed by atoms with E-state index >= 15 is 0 Å². The largest absolute Gasteiger partial charge is 0.472 e. The summed E-state index contributed by atoms with van der Waals surface area (Å²) in [6.07, 6.45) is -3.53. The highest BCUT2D eigenvalue weighted by molar-refractivity contribution is 5.80. The van der Waals surface area contributed by atoms with E-state index in [-0.39, 0.29) is 0 Å². The van der Waals surface area contributed by atoms with Gasteiger partial charge < -0.3 is 37.6 Å². The lowest BCUT2D eigenvalue weighted by Crippen LogP contribution is -2.68. The Kier molecular flexibility index (Phi) is 7.76. The molecule has 2 bridgehead atoms. The van der Waals surface area contributed by atoms with Crippen LogP contribution in [-0.4, -0.2) is 72.8 Å². The molecule has 1 aliphatic carbocycles. The SMILES string of the molecule is C=C1[C@@H]2[C@@H](OC(C)=O)[C@H](OC(C)=O)[C@@]3(C)[C@H](c4ccoc4)OC(=O)[C@@H](O[C@@]4(C)OC(C)(C)[C@H]([C@@H](OC(C)=O)C(=O)OC)[C@@]24C)[C@H]13. The van der Waals surface area contributed by atoms with Crippen LogP contribution in [-0.2, 0) is 57.1 Å². The van der Waals surface area contributed by atoms with Gasteiger partial charge >= 0.3 is 29.8 Å². The fraction of sp³-hybridized carbons (Fsp3) is 0.656. The minimum absolute atomic E-state index is 0.422. The van der Waals surface area contributed by atoms with Crippen LogP contribution in [0.15, 0.2) is 35.2 Å². The zero-order valence-corrected chi connectivity index (χ0v) is 26.9. The molecule has 11 atom stereocenters. The van der Waals surface area contributed by atoms with Crippen molar-refractivity contribution < 1.29 is 61.5 Å². The number of hydrogen-bond acceptors (Lipinski definition) is 13. The van der Waals surface area contributed by atoms with Crippen molar-refractivity contribution in [2.75, 3.05) is 7.11 Å². The van der Waals surface area contributed by atoms with Gasteiger partial charge in [0.1, 0.15) is 18.3 Å². The van der Waals surface area contributed by atoms with Crippen LogP contribution in [0.4, 0.5) is 0 Å². The first-order valence-corrected chi connectivity index (χ1v) is 14.7. The van der Waals surface area contributed by atoms with E-state index in [4.69, 9.17) is 37.6 Å². The molecule has 0 aromatic carbocycles. The number of esters is 5. The third kappa shape index (κ3) is 4.60. The van der Waals surface area contributed by atoms with Crippen molar-refractivity contribution in [3.8, 4) is 0 Å². The summed E-state index contributed by atoms with van der Waals surface area (Å²) in [5.74, 6) is -8.31. The number of furan rings is 1. The van der Waals surface area contributed by atoms with E-state index in [2.05, 4.69) is 6.58 Å². The highest BCUT2D eigenvalue weighted by Crippen LogP contribution is 2.72. The molecule has 45 heavy (non-hydrogen) atoms. The molecule has 3 saturated heterocycles. The first kappa shape index (κ1) is 32.7. The Balaban J connectivity index is 1.85. The fourth-order valence-corrected chi connectivity index (χ4v) is 8.95. The maximum atomic E-state index is 13.9. The summed E-state index contributed by atoms with van der Waals surface area (Å²) in [6, 6.07) is 1.63. The van der Waals surface area contributed by atoms with Gasteiger partial charge in [0, 0.05) is 49.5 Å². The molecule has 0 radical (unpaired) electrons. The molecule has 0 spiro atoms. The standard InChI is InChI=1S/C32H40O13/c1-14-19-22-28(37)43-25(18-11-12-39-13-18)30(19,7)26(42-17(4)35)21(40-15(2)33)20(14)31(8)24(23(27(36)38-10)41-16(3)34)29(5,6)45-32(31,9)44-22/h11-13,19-26H,1H2,2-10H3/t19-,20+,21+,22-,23+,24-,25-,26-,30+,31+,32-/m0/s1. The Bertz CT molecular complexity index is 1430. The maximum Gasteiger partial charge on any atom is 0.347 e. The Morgan fingerprint density at radius 1 is 0.956 bits per heavy atom. The van der Waals surface area contributed by atoms with Crippen molar-refractivity contribution >= 4 is 29.8 Å². The lowest BCUT2D eigenvalue weighted by molar-refractivity contribution is -0.300. The maximum absolute atomic E-state index is 13.9. The fourth-order valence-electron chi connectivity index (χ4n) is 8.95. The topological polar surface area (TPSA) is 163 Å². The number of rotatable bonds is 6. The molecule has 1 saturated carbocycles. The van der Waals surface area contributed by atoms with Gasteiger partial charge in [0.15, 0.2) is 11.9 Å². The van der Waals surface area contributed by atoms with Gasteiger partial charge in [0.25, 0.3) is 0 Å². The van der Waals surface area contributed by atoms with E-state index in [0.29, 0.717) is 11.1 Å². The van der Waals surface area contributed by atoms with E-state index in [0.717, 1.165) is 14.0 Å². The molecule has 0 unspecified atom stereocenters. The van der Waals surface area contributed by atoms with Crippen LogP contribution in [0, 0.1) is 28.6 Å². The van der Waals surface area contributed by atoms with Gasteiger partial charge in [0.2, 0.25) is 6.10 Å². The van der Waals surface area contributed by atoms with Crippen LogP contribution in [0.1, 0.15) is 67.1 Å². The van der Waals surface area contributed by atoms with Gasteiger partial charge in [-0.3, -0.25) is 14.4 Å². The van der Waals surface area contributed by atoms with Crippen molar-refractivity contribution in [3.63, 3.8) is 0 Å². The minimum Gasteiger partial charge on any atom is -0.472 e. The average Bonchev–Trinajstić information content (AvgIpc) is 3.48. The van der Waals surface area contributed by atoms with Crippen molar-refractivity contribution in [2.45, 2.75) is 97.3 Å². The molecule has 13 heteroatoms. The van der Waals surface area contributed by atoms with E-state index < -0.39 is 100 Å². The van der Waals surface area contributed by atoms with Gasteiger partial charge in [-0.25, -0.2) is 9.59 Å². The summed E-state index contributed by atoms with van der Waals surface area (Å²) in [6.45, 7) is 16.6. The predicted molar refractivity (Wildman–Crippen MR) is 150 cm³/mol.